The Morgan fingerprint density at radius 3 is 2.81 bits per heavy atom. The molecule has 1 atom stereocenters. The van der Waals surface area contributed by atoms with E-state index in [2.05, 4.69) is 10.6 Å². The number of carbonyl (C=O) groups is 1. The fourth-order valence-electron chi connectivity index (χ4n) is 2.08. The quantitative estimate of drug-likeness (QED) is 0.556. The second-order valence-electron chi connectivity index (χ2n) is 5.19. The van der Waals surface area contributed by atoms with Gasteiger partial charge in [0, 0.05) is 12.6 Å². The van der Waals surface area contributed by atoms with Crippen LogP contribution in [0.5, 0.6) is 5.75 Å². The Hall–Kier alpha value is -2.35. The number of anilines is 2. The third kappa shape index (κ3) is 3.22. The summed E-state index contributed by atoms with van der Waals surface area (Å²) in [5.74, 6) is 0.207. The van der Waals surface area contributed by atoms with E-state index < -0.39 is 4.92 Å². The summed E-state index contributed by atoms with van der Waals surface area (Å²) in [4.78, 5) is 22.0. The zero-order chi connectivity index (χ0) is 15.6. The van der Waals surface area contributed by atoms with Gasteiger partial charge in [0.25, 0.3) is 11.6 Å². The summed E-state index contributed by atoms with van der Waals surface area (Å²) in [6.07, 6.45) is 0. The summed E-state index contributed by atoms with van der Waals surface area (Å²) < 4.78 is 5.19. The van der Waals surface area contributed by atoms with Crippen molar-refractivity contribution in [3.8, 4) is 5.75 Å². The van der Waals surface area contributed by atoms with Gasteiger partial charge in [0.15, 0.2) is 12.4 Å². The van der Waals surface area contributed by atoms with Crippen LogP contribution < -0.4 is 21.1 Å². The molecular weight excluding hydrogens is 276 g/mol. The molecule has 21 heavy (non-hydrogen) atoms. The van der Waals surface area contributed by atoms with Crippen LogP contribution in [0.1, 0.15) is 13.8 Å². The highest BCUT2D eigenvalue weighted by molar-refractivity contribution is 5.96. The van der Waals surface area contributed by atoms with Crippen molar-refractivity contribution in [3.05, 3.63) is 22.2 Å². The molecule has 1 aromatic rings. The summed E-state index contributed by atoms with van der Waals surface area (Å²) >= 11 is 0. The molecule has 4 N–H and O–H groups in total. The largest absolute Gasteiger partial charge is 0.481 e. The van der Waals surface area contributed by atoms with E-state index in [0.29, 0.717) is 23.7 Å². The maximum absolute atomic E-state index is 11.3. The number of nitro benzene ring substituents is 1. The number of hydrogen-bond donors (Lipinski definition) is 3. The molecule has 8 heteroatoms. The zero-order valence-corrected chi connectivity index (χ0v) is 11.9. The minimum Gasteiger partial charge on any atom is -0.481 e. The summed E-state index contributed by atoms with van der Waals surface area (Å²) in [5, 5.41) is 16.9. The third-order valence-electron chi connectivity index (χ3n) is 3.33. The number of fused-ring (bicyclic) bond motifs is 1. The van der Waals surface area contributed by atoms with E-state index in [1.807, 2.05) is 13.8 Å². The first-order valence-corrected chi connectivity index (χ1v) is 6.64. The predicted molar refractivity (Wildman–Crippen MR) is 78.5 cm³/mol. The summed E-state index contributed by atoms with van der Waals surface area (Å²) in [6.45, 7) is 4.14. The molecule has 0 fully saturated rings. The fraction of sp³-hybridized carbons (Fsp3) is 0.462. The van der Waals surface area contributed by atoms with E-state index in [9.17, 15) is 14.9 Å². The Labute approximate surface area is 121 Å². The molecule has 1 aliphatic heterocycles. The number of hydrogen-bond acceptors (Lipinski definition) is 6. The van der Waals surface area contributed by atoms with E-state index in [-0.39, 0.29) is 30.2 Å². The maximum atomic E-state index is 11.3. The second kappa shape index (κ2) is 5.96. The van der Waals surface area contributed by atoms with E-state index in [1.165, 1.54) is 12.1 Å². The molecule has 0 aliphatic carbocycles. The Kier molecular flexibility index (Phi) is 4.27. The Bertz CT molecular complexity index is 574. The molecule has 0 saturated heterocycles. The van der Waals surface area contributed by atoms with Crippen LogP contribution in [0.3, 0.4) is 0 Å². The molecule has 1 amide bonds. The van der Waals surface area contributed by atoms with Crippen molar-refractivity contribution in [1.29, 1.82) is 0 Å². The zero-order valence-electron chi connectivity index (χ0n) is 11.9. The first-order chi connectivity index (χ1) is 9.92. The maximum Gasteiger partial charge on any atom is 0.296 e. The molecule has 0 saturated carbocycles. The van der Waals surface area contributed by atoms with E-state index in [0.717, 1.165) is 0 Å². The van der Waals surface area contributed by atoms with Gasteiger partial charge in [0.05, 0.1) is 16.7 Å². The van der Waals surface area contributed by atoms with Gasteiger partial charge in [-0.3, -0.25) is 14.9 Å². The number of ether oxygens (including phenoxy) is 1. The van der Waals surface area contributed by atoms with Crippen LogP contribution in [0.25, 0.3) is 0 Å². The first-order valence-electron chi connectivity index (χ1n) is 6.64. The van der Waals surface area contributed by atoms with Crippen LogP contribution >= 0.6 is 0 Å². The number of rotatable bonds is 5. The molecule has 0 radical (unpaired) electrons. The van der Waals surface area contributed by atoms with Gasteiger partial charge in [-0.25, -0.2) is 0 Å². The normalized spacial score (nSPS) is 15.0. The SMILES string of the molecule is CC(C)C(CN)Nc1cc2c(cc1[N+](=O)[O-])OCC(=O)N2. The van der Waals surface area contributed by atoms with Gasteiger partial charge in [-0.05, 0) is 12.0 Å². The van der Waals surface area contributed by atoms with E-state index >= 15 is 0 Å². The number of nitrogens with one attached hydrogen (secondary N) is 2. The van der Waals surface area contributed by atoms with Crippen LogP contribution in [-0.2, 0) is 4.79 Å². The summed E-state index contributed by atoms with van der Waals surface area (Å²) in [6, 6.07) is 2.71. The van der Waals surface area contributed by atoms with Gasteiger partial charge >= 0.3 is 0 Å². The number of benzene rings is 1. The molecule has 1 heterocycles. The standard InChI is InChI=1S/C13H18N4O4/c1-7(2)10(5-14)15-8-3-9-12(4-11(8)17(19)20)21-6-13(18)16-9/h3-4,7,10,15H,5-6,14H2,1-2H3,(H,16,18). The van der Waals surface area contributed by atoms with Crippen molar-refractivity contribution in [2.24, 2.45) is 11.7 Å². The minimum atomic E-state index is -0.490. The lowest BCUT2D eigenvalue weighted by atomic mass is 10.0. The van der Waals surface area contributed by atoms with Gasteiger partial charge in [-0.1, -0.05) is 13.8 Å². The number of nitro groups is 1. The molecule has 1 aromatic carbocycles. The molecular formula is C13H18N4O4. The first kappa shape index (κ1) is 15.0. The van der Waals surface area contributed by atoms with E-state index in [4.69, 9.17) is 10.5 Å². The Morgan fingerprint density at radius 2 is 2.24 bits per heavy atom. The van der Waals surface area contributed by atoms with Crippen molar-refractivity contribution in [2.75, 3.05) is 23.8 Å². The highest BCUT2D eigenvalue weighted by Gasteiger charge is 2.25. The monoisotopic (exact) mass is 294 g/mol. The van der Waals surface area contributed by atoms with Gasteiger partial charge in [-0.2, -0.15) is 0 Å². The van der Waals surface area contributed by atoms with Crippen LogP contribution in [0.4, 0.5) is 17.1 Å². The molecule has 1 aliphatic rings. The molecule has 1 unspecified atom stereocenters. The van der Waals surface area contributed by atoms with Crippen molar-refractivity contribution >= 4 is 23.0 Å². The highest BCUT2D eigenvalue weighted by Crippen LogP contribution is 2.38. The number of carbonyl (C=O) groups excluding carboxylic acids is 1. The number of nitrogens with two attached hydrogens (primary N) is 1. The Morgan fingerprint density at radius 1 is 1.52 bits per heavy atom. The number of amides is 1. The highest BCUT2D eigenvalue weighted by atomic mass is 16.6. The van der Waals surface area contributed by atoms with Crippen LogP contribution in [-0.4, -0.2) is 30.0 Å². The average molecular weight is 294 g/mol. The average Bonchev–Trinajstić information content (AvgIpc) is 2.43. The van der Waals surface area contributed by atoms with Gasteiger partial charge in [0.1, 0.15) is 5.69 Å². The Balaban J connectivity index is 2.40. The van der Waals surface area contributed by atoms with Crippen LogP contribution in [0.15, 0.2) is 12.1 Å². The lowest BCUT2D eigenvalue weighted by Gasteiger charge is -2.24. The number of nitrogens with zero attached hydrogens (tertiary/aromatic N) is 1. The molecule has 8 nitrogen and oxygen atoms in total. The van der Waals surface area contributed by atoms with Crippen molar-refractivity contribution in [2.45, 2.75) is 19.9 Å². The van der Waals surface area contributed by atoms with Gasteiger partial charge in [-0.15, -0.1) is 0 Å². The lowest BCUT2D eigenvalue weighted by Crippen LogP contribution is -2.34. The van der Waals surface area contributed by atoms with Gasteiger partial charge in [0.2, 0.25) is 0 Å². The molecule has 0 aromatic heterocycles. The summed E-state index contributed by atoms with van der Waals surface area (Å²) in [7, 11) is 0. The van der Waals surface area contributed by atoms with Crippen LogP contribution in [0.2, 0.25) is 0 Å². The third-order valence-corrected chi connectivity index (χ3v) is 3.33. The fourth-order valence-corrected chi connectivity index (χ4v) is 2.08. The minimum absolute atomic E-state index is 0.107. The van der Waals surface area contributed by atoms with Crippen molar-refractivity contribution in [3.63, 3.8) is 0 Å². The topological polar surface area (TPSA) is 120 Å². The lowest BCUT2D eigenvalue weighted by molar-refractivity contribution is -0.384. The molecule has 114 valence electrons. The van der Waals surface area contributed by atoms with Gasteiger partial charge < -0.3 is 21.1 Å². The molecule has 0 spiro atoms. The van der Waals surface area contributed by atoms with Crippen molar-refractivity contribution < 1.29 is 14.5 Å². The predicted octanol–water partition coefficient (Wildman–Crippen LogP) is 1.32. The summed E-state index contributed by atoms with van der Waals surface area (Å²) in [5.41, 5.74) is 6.30. The molecule has 2 rings (SSSR count). The molecule has 0 bridgehead atoms. The smallest absolute Gasteiger partial charge is 0.296 e. The van der Waals surface area contributed by atoms with Crippen molar-refractivity contribution in [1.82, 2.24) is 0 Å². The van der Waals surface area contributed by atoms with Crippen LogP contribution in [0, 0.1) is 16.0 Å². The second-order valence-corrected chi connectivity index (χ2v) is 5.19. The van der Waals surface area contributed by atoms with E-state index in [1.54, 1.807) is 0 Å².